The molecule has 3 N–H and O–H groups in total. The molecule has 0 saturated carbocycles. The number of rotatable bonds is 5. The number of phenolic OH excluding ortho intramolecular Hbond substituents is 1. The Balaban J connectivity index is 1.87. The first-order valence-corrected chi connectivity index (χ1v) is 7.35. The average Bonchev–Trinajstić information content (AvgIpc) is 2.65. The fraction of sp³-hybridized carbons (Fsp3) is 0.0556. The molecule has 0 heterocycles. The highest BCUT2D eigenvalue weighted by molar-refractivity contribution is 5.91. The molecular weight excluding hydrogens is 324 g/mol. The lowest BCUT2D eigenvalue weighted by Gasteiger charge is -2.16. The van der Waals surface area contributed by atoms with Crippen molar-refractivity contribution in [2.75, 3.05) is 17.7 Å². The van der Waals surface area contributed by atoms with Crippen LogP contribution in [0.4, 0.5) is 22.7 Å². The summed E-state index contributed by atoms with van der Waals surface area (Å²) in [4.78, 5) is 35.1. The second-order valence-electron chi connectivity index (χ2n) is 5.25. The third kappa shape index (κ3) is 3.07. The lowest BCUT2D eigenvalue weighted by Crippen LogP contribution is -2.35. The van der Waals surface area contributed by atoms with Crippen LogP contribution in [0.3, 0.4) is 0 Å². The highest BCUT2D eigenvalue weighted by Crippen LogP contribution is 2.30. The van der Waals surface area contributed by atoms with Crippen LogP contribution >= 0.6 is 0 Å². The quantitative estimate of drug-likeness (QED) is 0.372. The number of nitrogens with one attached hydrogen (secondary N) is 2. The van der Waals surface area contributed by atoms with Crippen molar-refractivity contribution in [2.45, 2.75) is 0 Å². The molecule has 0 unspecified atom stereocenters. The van der Waals surface area contributed by atoms with Gasteiger partial charge in [0.05, 0.1) is 18.4 Å². The first-order valence-electron chi connectivity index (χ1n) is 7.35. The number of para-hydroxylation sites is 1. The highest BCUT2D eigenvalue weighted by Gasteiger charge is 2.22. The second kappa shape index (κ2) is 6.48. The number of hydrogen-bond acceptors (Lipinski definition) is 7. The topological polar surface area (TPSA) is 105 Å². The summed E-state index contributed by atoms with van der Waals surface area (Å²) in [6.07, 6.45) is 0. The van der Waals surface area contributed by atoms with Gasteiger partial charge in [0, 0.05) is 5.69 Å². The normalized spacial score (nSPS) is 10.4. The predicted octanol–water partition coefficient (Wildman–Crippen LogP) is 2.26. The minimum Gasteiger partial charge on any atom is -0.506 e. The Morgan fingerprint density at radius 2 is 1.60 bits per heavy atom. The predicted molar refractivity (Wildman–Crippen MR) is 93.8 cm³/mol. The molecule has 25 heavy (non-hydrogen) atoms. The van der Waals surface area contributed by atoms with E-state index >= 15 is 0 Å². The van der Waals surface area contributed by atoms with Gasteiger partial charge >= 0.3 is 5.97 Å². The average molecular weight is 338 g/mol. The van der Waals surface area contributed by atoms with Crippen molar-refractivity contribution in [2.24, 2.45) is 0 Å². The maximum atomic E-state index is 11.8. The number of carbonyl (C=O) groups is 1. The SMILES string of the molecule is COC(=O)c1ccc(Nc2c(Nc3ccccc3)c(=O)c2=O)c(O)c1. The van der Waals surface area contributed by atoms with E-state index in [1.54, 1.807) is 24.3 Å². The Bertz CT molecular complexity index is 1000. The van der Waals surface area contributed by atoms with Crippen molar-refractivity contribution >= 4 is 28.7 Å². The lowest BCUT2D eigenvalue weighted by atomic mass is 10.1. The lowest BCUT2D eigenvalue weighted by molar-refractivity contribution is 0.0600. The number of benzene rings is 2. The van der Waals surface area contributed by atoms with E-state index in [1.807, 2.05) is 6.07 Å². The first kappa shape index (κ1) is 16.3. The summed E-state index contributed by atoms with van der Waals surface area (Å²) in [5.41, 5.74) is -0.147. The number of aromatic hydroxyl groups is 1. The van der Waals surface area contributed by atoms with Crippen LogP contribution in [0.25, 0.3) is 0 Å². The fourth-order valence-corrected chi connectivity index (χ4v) is 2.31. The molecule has 0 fully saturated rings. The molecule has 3 aromatic rings. The number of esters is 1. The molecule has 3 aromatic carbocycles. The van der Waals surface area contributed by atoms with Crippen molar-refractivity contribution in [1.82, 2.24) is 0 Å². The Labute approximate surface area is 142 Å². The van der Waals surface area contributed by atoms with Crippen LogP contribution in [-0.2, 0) is 4.74 Å². The summed E-state index contributed by atoms with van der Waals surface area (Å²) in [5, 5.41) is 15.6. The molecule has 7 heteroatoms. The highest BCUT2D eigenvalue weighted by atomic mass is 16.5. The summed E-state index contributed by atoms with van der Waals surface area (Å²) in [5.74, 6) is -0.844. The van der Waals surface area contributed by atoms with Gasteiger partial charge in [0.15, 0.2) is 0 Å². The molecule has 0 radical (unpaired) electrons. The van der Waals surface area contributed by atoms with E-state index in [2.05, 4.69) is 15.4 Å². The van der Waals surface area contributed by atoms with Crippen LogP contribution in [0.1, 0.15) is 10.4 Å². The molecule has 0 saturated heterocycles. The van der Waals surface area contributed by atoms with E-state index in [4.69, 9.17) is 0 Å². The number of hydrogen-bond donors (Lipinski definition) is 3. The standard InChI is InChI=1S/C18H14N2O5/c1-25-18(24)10-7-8-12(13(21)9-10)20-15-14(16(22)17(15)23)19-11-5-3-2-4-6-11/h2-9,19-21H,1H3. The largest absolute Gasteiger partial charge is 0.506 e. The minimum absolute atomic E-state index is 0.0509. The Kier molecular flexibility index (Phi) is 4.21. The molecule has 0 bridgehead atoms. The van der Waals surface area contributed by atoms with Gasteiger partial charge in [-0.2, -0.15) is 0 Å². The van der Waals surface area contributed by atoms with Gasteiger partial charge in [0.25, 0.3) is 10.9 Å². The zero-order valence-electron chi connectivity index (χ0n) is 13.2. The Morgan fingerprint density at radius 1 is 0.960 bits per heavy atom. The molecule has 0 aliphatic heterocycles. The molecule has 0 aromatic heterocycles. The second-order valence-corrected chi connectivity index (χ2v) is 5.25. The zero-order valence-corrected chi connectivity index (χ0v) is 13.2. The van der Waals surface area contributed by atoms with Gasteiger partial charge in [-0.25, -0.2) is 4.79 Å². The van der Waals surface area contributed by atoms with Gasteiger partial charge < -0.3 is 20.5 Å². The molecule has 126 valence electrons. The molecule has 0 amide bonds. The number of methoxy groups -OCH3 is 1. The molecule has 0 atom stereocenters. The van der Waals surface area contributed by atoms with Crippen molar-refractivity contribution in [3.8, 4) is 5.75 Å². The van der Waals surface area contributed by atoms with Gasteiger partial charge in [-0.05, 0) is 30.3 Å². The Hall–Kier alpha value is -3.61. The molecule has 0 aliphatic rings. The van der Waals surface area contributed by atoms with Gasteiger partial charge in [-0.1, -0.05) is 18.2 Å². The number of ether oxygens (including phenoxy) is 1. The van der Waals surface area contributed by atoms with Crippen LogP contribution < -0.4 is 21.5 Å². The van der Waals surface area contributed by atoms with E-state index in [1.165, 1.54) is 25.3 Å². The summed E-state index contributed by atoms with van der Waals surface area (Å²) >= 11 is 0. The summed E-state index contributed by atoms with van der Waals surface area (Å²) in [7, 11) is 1.23. The summed E-state index contributed by atoms with van der Waals surface area (Å²) < 4.78 is 4.57. The monoisotopic (exact) mass is 338 g/mol. The molecule has 0 aliphatic carbocycles. The van der Waals surface area contributed by atoms with Crippen molar-refractivity contribution in [1.29, 1.82) is 0 Å². The molecule has 7 nitrogen and oxygen atoms in total. The summed E-state index contributed by atoms with van der Waals surface area (Å²) in [6.45, 7) is 0. The van der Waals surface area contributed by atoms with E-state index in [0.29, 0.717) is 5.69 Å². The third-order valence-corrected chi connectivity index (χ3v) is 3.63. The van der Waals surface area contributed by atoms with Gasteiger partial charge in [0.1, 0.15) is 17.1 Å². The minimum atomic E-state index is -0.685. The Morgan fingerprint density at radius 3 is 2.20 bits per heavy atom. The van der Waals surface area contributed by atoms with Crippen LogP contribution in [0, 0.1) is 0 Å². The fourth-order valence-electron chi connectivity index (χ4n) is 2.31. The number of carbonyl (C=O) groups excluding carboxylic acids is 1. The van der Waals surface area contributed by atoms with E-state index in [-0.39, 0.29) is 28.4 Å². The maximum absolute atomic E-state index is 11.8. The van der Waals surface area contributed by atoms with Crippen molar-refractivity contribution in [3.63, 3.8) is 0 Å². The molecule has 0 spiro atoms. The molecule has 3 rings (SSSR count). The molecular formula is C18H14N2O5. The van der Waals surface area contributed by atoms with E-state index in [0.717, 1.165) is 0 Å². The van der Waals surface area contributed by atoms with E-state index < -0.39 is 16.8 Å². The van der Waals surface area contributed by atoms with E-state index in [9.17, 15) is 19.5 Å². The zero-order chi connectivity index (χ0) is 18.0. The summed E-state index contributed by atoms with van der Waals surface area (Å²) in [6, 6.07) is 13.0. The number of anilines is 4. The van der Waals surface area contributed by atoms with Crippen LogP contribution in [0.15, 0.2) is 58.1 Å². The van der Waals surface area contributed by atoms with Crippen LogP contribution in [-0.4, -0.2) is 18.2 Å². The smallest absolute Gasteiger partial charge is 0.337 e. The van der Waals surface area contributed by atoms with Gasteiger partial charge in [-0.3, -0.25) is 9.59 Å². The number of phenols is 1. The maximum Gasteiger partial charge on any atom is 0.337 e. The van der Waals surface area contributed by atoms with Crippen LogP contribution in [0.2, 0.25) is 0 Å². The van der Waals surface area contributed by atoms with Crippen molar-refractivity contribution < 1.29 is 14.6 Å². The third-order valence-electron chi connectivity index (χ3n) is 3.63. The van der Waals surface area contributed by atoms with Gasteiger partial charge in [0.2, 0.25) is 0 Å². The van der Waals surface area contributed by atoms with Crippen molar-refractivity contribution in [3.05, 3.63) is 74.5 Å². The first-order chi connectivity index (χ1) is 12.0. The van der Waals surface area contributed by atoms with Gasteiger partial charge in [-0.15, -0.1) is 0 Å². The van der Waals surface area contributed by atoms with Crippen LogP contribution in [0.5, 0.6) is 5.75 Å².